The number of benzene rings is 2. The van der Waals surface area contributed by atoms with Crippen LogP contribution in [-0.4, -0.2) is 42.5 Å². The fourth-order valence-corrected chi connectivity index (χ4v) is 5.68. The second-order valence-electron chi connectivity index (χ2n) is 6.95. The van der Waals surface area contributed by atoms with Crippen LogP contribution in [0.5, 0.6) is 5.75 Å². The number of methoxy groups -OCH3 is 1. The molecule has 3 aromatic rings. The number of hydrogen-bond donors (Lipinski definition) is 0. The molecule has 1 aliphatic heterocycles. The van der Waals surface area contributed by atoms with Crippen LogP contribution in [-0.2, 0) is 10.0 Å². The molecule has 1 saturated heterocycles. The van der Waals surface area contributed by atoms with E-state index in [2.05, 4.69) is 9.59 Å². The van der Waals surface area contributed by atoms with Crippen LogP contribution >= 0.6 is 11.5 Å². The summed E-state index contributed by atoms with van der Waals surface area (Å²) in [5.41, 5.74) is 2.90. The third-order valence-electron chi connectivity index (χ3n) is 5.22. The number of sulfonamides is 1. The Morgan fingerprint density at radius 3 is 2.54 bits per heavy atom. The molecule has 0 radical (unpaired) electrons. The maximum atomic E-state index is 13.2. The standard InChI is InChI=1S/C20H21N3O3S2/c1-14-6-8-17(9-7-14)28(24,25)23-11-18(15-4-3-5-16(10-15)26-2)19(12-23)20-13-27-22-21-20/h3-10,13,18-19H,11-12H2,1-2H3/t18-,19+/m1/s1. The first-order valence-corrected chi connectivity index (χ1v) is 11.2. The van der Waals surface area contributed by atoms with Crippen molar-refractivity contribution in [2.24, 2.45) is 0 Å². The van der Waals surface area contributed by atoms with Gasteiger partial charge >= 0.3 is 0 Å². The van der Waals surface area contributed by atoms with Crippen molar-refractivity contribution in [3.63, 3.8) is 0 Å². The highest BCUT2D eigenvalue weighted by atomic mass is 32.2. The van der Waals surface area contributed by atoms with Crippen molar-refractivity contribution in [2.75, 3.05) is 20.2 Å². The number of nitrogens with zero attached hydrogens (tertiary/aromatic N) is 3. The minimum atomic E-state index is -3.58. The summed E-state index contributed by atoms with van der Waals surface area (Å²) in [5, 5.41) is 6.14. The Bertz CT molecular complexity index is 1050. The van der Waals surface area contributed by atoms with Crippen molar-refractivity contribution in [1.82, 2.24) is 13.9 Å². The zero-order chi connectivity index (χ0) is 19.7. The van der Waals surface area contributed by atoms with Gasteiger partial charge in [0.15, 0.2) is 0 Å². The first-order chi connectivity index (χ1) is 13.5. The normalized spacial score (nSPS) is 20.4. The summed E-state index contributed by atoms with van der Waals surface area (Å²) in [5.74, 6) is 0.692. The second kappa shape index (κ2) is 7.62. The van der Waals surface area contributed by atoms with Gasteiger partial charge in [0.1, 0.15) is 5.75 Å². The lowest BCUT2D eigenvalue weighted by Gasteiger charge is -2.17. The summed E-state index contributed by atoms with van der Waals surface area (Å²) in [7, 11) is -1.95. The molecule has 0 saturated carbocycles. The Morgan fingerprint density at radius 1 is 1.11 bits per heavy atom. The molecule has 146 valence electrons. The highest BCUT2D eigenvalue weighted by Gasteiger charge is 2.41. The van der Waals surface area contributed by atoms with Gasteiger partial charge in [-0.15, -0.1) is 5.10 Å². The fourth-order valence-electron chi connectivity index (χ4n) is 3.67. The molecule has 0 N–H and O–H groups in total. The molecule has 0 aliphatic carbocycles. The molecule has 6 nitrogen and oxygen atoms in total. The smallest absolute Gasteiger partial charge is 0.243 e. The predicted octanol–water partition coefficient (Wildman–Crippen LogP) is 3.43. The largest absolute Gasteiger partial charge is 0.497 e. The van der Waals surface area contributed by atoms with E-state index in [4.69, 9.17) is 4.74 Å². The molecule has 1 aromatic heterocycles. The monoisotopic (exact) mass is 415 g/mol. The number of aryl methyl sites for hydroxylation is 1. The van der Waals surface area contributed by atoms with Crippen LogP contribution in [0.2, 0.25) is 0 Å². The summed E-state index contributed by atoms with van der Waals surface area (Å²) in [6.45, 7) is 2.71. The molecule has 0 bridgehead atoms. The van der Waals surface area contributed by atoms with Gasteiger partial charge in [-0.25, -0.2) is 8.42 Å². The molecule has 2 atom stereocenters. The lowest BCUT2D eigenvalue weighted by molar-refractivity contribution is 0.413. The molecule has 0 amide bonds. The van der Waals surface area contributed by atoms with E-state index in [1.54, 1.807) is 23.5 Å². The van der Waals surface area contributed by atoms with E-state index < -0.39 is 10.0 Å². The van der Waals surface area contributed by atoms with Crippen molar-refractivity contribution in [2.45, 2.75) is 23.7 Å². The quantitative estimate of drug-likeness (QED) is 0.638. The van der Waals surface area contributed by atoms with Gasteiger partial charge in [-0.3, -0.25) is 0 Å². The summed E-state index contributed by atoms with van der Waals surface area (Å²) in [4.78, 5) is 0.319. The van der Waals surface area contributed by atoms with Crippen molar-refractivity contribution in [3.05, 3.63) is 70.7 Å². The summed E-state index contributed by atoms with van der Waals surface area (Å²) >= 11 is 1.28. The maximum absolute atomic E-state index is 13.2. The molecule has 1 fully saturated rings. The van der Waals surface area contributed by atoms with Gasteiger partial charge in [0.2, 0.25) is 10.0 Å². The summed E-state index contributed by atoms with van der Waals surface area (Å²) < 4.78 is 37.4. The van der Waals surface area contributed by atoms with Gasteiger partial charge in [-0.1, -0.05) is 34.3 Å². The van der Waals surface area contributed by atoms with E-state index >= 15 is 0 Å². The number of aromatic nitrogens is 2. The van der Waals surface area contributed by atoms with E-state index in [0.717, 1.165) is 22.6 Å². The number of ether oxygens (including phenoxy) is 1. The van der Waals surface area contributed by atoms with E-state index in [1.165, 1.54) is 11.5 Å². The Balaban J connectivity index is 1.71. The average molecular weight is 416 g/mol. The van der Waals surface area contributed by atoms with E-state index in [1.807, 2.05) is 48.7 Å². The average Bonchev–Trinajstić information content (AvgIpc) is 3.38. The van der Waals surface area contributed by atoms with Crippen molar-refractivity contribution in [3.8, 4) is 5.75 Å². The van der Waals surface area contributed by atoms with E-state index in [0.29, 0.717) is 18.0 Å². The van der Waals surface area contributed by atoms with Crippen LogP contribution in [0.3, 0.4) is 0 Å². The molecule has 8 heteroatoms. The van der Waals surface area contributed by atoms with E-state index in [-0.39, 0.29) is 11.8 Å². The minimum Gasteiger partial charge on any atom is -0.497 e. The number of rotatable bonds is 5. The van der Waals surface area contributed by atoms with Crippen LogP contribution in [0, 0.1) is 6.92 Å². The molecule has 0 spiro atoms. The second-order valence-corrected chi connectivity index (χ2v) is 9.50. The summed E-state index contributed by atoms with van der Waals surface area (Å²) in [6.07, 6.45) is 0. The maximum Gasteiger partial charge on any atom is 0.243 e. The molecule has 28 heavy (non-hydrogen) atoms. The van der Waals surface area contributed by atoms with E-state index in [9.17, 15) is 8.42 Å². The number of hydrogen-bond acceptors (Lipinski definition) is 6. The molecular weight excluding hydrogens is 394 g/mol. The van der Waals surface area contributed by atoms with Gasteiger partial charge in [0.05, 0.1) is 17.7 Å². The van der Waals surface area contributed by atoms with Crippen LogP contribution < -0.4 is 4.74 Å². The zero-order valence-electron chi connectivity index (χ0n) is 15.6. The van der Waals surface area contributed by atoms with Crippen LogP contribution in [0.1, 0.15) is 28.7 Å². The Labute approximate surface area is 169 Å². The van der Waals surface area contributed by atoms with Gasteiger partial charge in [-0.2, -0.15) is 4.31 Å². The Morgan fingerprint density at radius 2 is 1.86 bits per heavy atom. The zero-order valence-corrected chi connectivity index (χ0v) is 17.3. The predicted molar refractivity (Wildman–Crippen MR) is 108 cm³/mol. The third-order valence-corrected chi connectivity index (χ3v) is 7.59. The summed E-state index contributed by atoms with van der Waals surface area (Å²) in [6, 6.07) is 14.8. The van der Waals surface area contributed by atoms with Gasteiger partial charge in [0, 0.05) is 30.3 Å². The van der Waals surface area contributed by atoms with Crippen LogP contribution in [0.15, 0.2) is 58.8 Å². The third kappa shape index (κ3) is 3.55. The lowest BCUT2D eigenvalue weighted by atomic mass is 9.87. The first kappa shape index (κ1) is 19.0. The van der Waals surface area contributed by atoms with Crippen molar-refractivity contribution >= 4 is 21.6 Å². The molecule has 0 unspecified atom stereocenters. The SMILES string of the molecule is COc1cccc([C@H]2CN(S(=O)(=O)c3ccc(C)cc3)C[C@@H]2c2csnn2)c1. The molecular formula is C20H21N3O3S2. The Hall–Kier alpha value is -2.29. The topological polar surface area (TPSA) is 72.4 Å². The highest BCUT2D eigenvalue weighted by molar-refractivity contribution is 7.89. The molecule has 2 aromatic carbocycles. The van der Waals surface area contributed by atoms with Gasteiger partial charge < -0.3 is 4.74 Å². The van der Waals surface area contributed by atoms with Gasteiger partial charge in [0.25, 0.3) is 0 Å². The van der Waals surface area contributed by atoms with Crippen molar-refractivity contribution in [1.29, 1.82) is 0 Å². The molecule has 4 rings (SSSR count). The minimum absolute atomic E-state index is 0.0146. The molecule has 1 aliphatic rings. The highest BCUT2D eigenvalue weighted by Crippen LogP contribution is 2.42. The first-order valence-electron chi connectivity index (χ1n) is 8.97. The van der Waals surface area contributed by atoms with Gasteiger partial charge in [-0.05, 0) is 48.3 Å². The van der Waals surface area contributed by atoms with Crippen molar-refractivity contribution < 1.29 is 13.2 Å². The van der Waals surface area contributed by atoms with Crippen LogP contribution in [0.25, 0.3) is 0 Å². The fraction of sp³-hybridized carbons (Fsp3) is 0.300. The Kier molecular flexibility index (Phi) is 5.18. The van der Waals surface area contributed by atoms with Crippen LogP contribution in [0.4, 0.5) is 0 Å². The lowest BCUT2D eigenvalue weighted by Crippen LogP contribution is -2.29. The molecule has 2 heterocycles.